The van der Waals surface area contributed by atoms with Crippen LogP contribution in [-0.2, 0) is 14.3 Å². The minimum Gasteiger partial charge on any atom is -0.481 e. The van der Waals surface area contributed by atoms with Crippen molar-refractivity contribution in [3.05, 3.63) is 12.2 Å². The molecule has 0 unspecified atom stereocenters. The average molecular weight is 279 g/mol. The summed E-state index contributed by atoms with van der Waals surface area (Å²) in [4.78, 5) is 25.6. The minimum absolute atomic E-state index is 0.0362. The molecule has 0 aromatic rings. The standard InChI is InChI=1S/C15H21NO4/c1-9-4-2-3-5-10(9)14(17)16-6-11-12(15(18)19)8-20-13(11)7-16/h2-3,9-13H,4-8H2,1H3,(H,18,19)/t9-,10-,11+,12+,13+/m1/s1. The molecule has 5 heteroatoms. The Labute approximate surface area is 118 Å². The summed E-state index contributed by atoms with van der Waals surface area (Å²) >= 11 is 0. The van der Waals surface area contributed by atoms with Gasteiger partial charge in [0.2, 0.25) is 5.91 Å². The van der Waals surface area contributed by atoms with Crippen LogP contribution in [0, 0.1) is 23.7 Å². The predicted molar refractivity (Wildman–Crippen MR) is 72.0 cm³/mol. The first-order valence-electron chi connectivity index (χ1n) is 7.36. The Kier molecular flexibility index (Phi) is 3.54. The Morgan fingerprint density at radius 3 is 2.65 bits per heavy atom. The molecule has 0 saturated carbocycles. The van der Waals surface area contributed by atoms with Crippen molar-refractivity contribution in [2.75, 3.05) is 19.7 Å². The smallest absolute Gasteiger partial charge is 0.309 e. The molecule has 5 atom stereocenters. The van der Waals surface area contributed by atoms with Gasteiger partial charge in [-0.1, -0.05) is 19.1 Å². The van der Waals surface area contributed by atoms with Gasteiger partial charge in [-0.2, -0.15) is 0 Å². The third-order valence-electron chi connectivity index (χ3n) is 5.01. The van der Waals surface area contributed by atoms with E-state index in [1.165, 1.54) is 0 Å². The quantitative estimate of drug-likeness (QED) is 0.770. The van der Waals surface area contributed by atoms with Gasteiger partial charge in [-0.3, -0.25) is 9.59 Å². The van der Waals surface area contributed by atoms with Crippen LogP contribution in [-0.4, -0.2) is 47.7 Å². The first-order valence-corrected chi connectivity index (χ1v) is 7.36. The number of hydrogen-bond donors (Lipinski definition) is 1. The average Bonchev–Trinajstić information content (AvgIpc) is 2.97. The van der Waals surface area contributed by atoms with Crippen molar-refractivity contribution in [3.8, 4) is 0 Å². The molecule has 5 nitrogen and oxygen atoms in total. The number of fused-ring (bicyclic) bond motifs is 1. The number of allylic oxidation sites excluding steroid dienone is 2. The fraction of sp³-hybridized carbons (Fsp3) is 0.733. The zero-order valence-electron chi connectivity index (χ0n) is 11.7. The molecule has 0 aromatic heterocycles. The number of hydrogen-bond acceptors (Lipinski definition) is 3. The molecular formula is C15H21NO4. The second-order valence-electron chi connectivity index (χ2n) is 6.25. The number of nitrogens with zero attached hydrogens (tertiary/aromatic N) is 1. The third kappa shape index (κ3) is 2.24. The molecule has 1 amide bonds. The van der Waals surface area contributed by atoms with E-state index in [9.17, 15) is 14.7 Å². The number of likely N-dealkylation sites (tertiary alicyclic amines) is 1. The molecule has 2 heterocycles. The summed E-state index contributed by atoms with van der Waals surface area (Å²) in [6, 6.07) is 0. The Bertz CT molecular complexity index is 447. The predicted octanol–water partition coefficient (Wildman–Crippen LogP) is 1.15. The first-order chi connectivity index (χ1) is 9.58. The van der Waals surface area contributed by atoms with Gasteiger partial charge in [0.05, 0.1) is 18.6 Å². The topological polar surface area (TPSA) is 66.8 Å². The van der Waals surface area contributed by atoms with Crippen molar-refractivity contribution in [2.45, 2.75) is 25.9 Å². The van der Waals surface area contributed by atoms with Crippen molar-refractivity contribution in [3.63, 3.8) is 0 Å². The number of carboxylic acid groups (broad SMARTS) is 1. The van der Waals surface area contributed by atoms with Crippen LogP contribution >= 0.6 is 0 Å². The van der Waals surface area contributed by atoms with Crippen LogP contribution in [0.1, 0.15) is 19.8 Å². The van der Waals surface area contributed by atoms with E-state index in [0.29, 0.717) is 19.0 Å². The molecule has 0 aromatic carbocycles. The SMILES string of the molecule is C[C@@H]1CC=CC[C@H]1C(=O)N1C[C@@H]2[C@H](C1)OC[C@@H]2C(=O)O. The number of aliphatic carboxylic acids is 1. The normalized spacial score (nSPS) is 39.9. The molecule has 3 aliphatic rings. The van der Waals surface area contributed by atoms with Crippen molar-refractivity contribution in [1.82, 2.24) is 4.90 Å². The zero-order valence-corrected chi connectivity index (χ0v) is 11.7. The lowest BCUT2D eigenvalue weighted by Crippen LogP contribution is -2.39. The Morgan fingerprint density at radius 1 is 1.20 bits per heavy atom. The zero-order chi connectivity index (χ0) is 14.3. The van der Waals surface area contributed by atoms with E-state index in [2.05, 4.69) is 19.1 Å². The van der Waals surface area contributed by atoms with Gasteiger partial charge in [0.1, 0.15) is 0 Å². The largest absolute Gasteiger partial charge is 0.481 e. The van der Waals surface area contributed by atoms with Gasteiger partial charge in [-0.25, -0.2) is 0 Å². The highest BCUT2D eigenvalue weighted by Crippen LogP contribution is 2.36. The molecule has 2 saturated heterocycles. The van der Waals surface area contributed by atoms with Gasteiger partial charge in [-0.15, -0.1) is 0 Å². The fourth-order valence-electron chi connectivity index (χ4n) is 3.68. The lowest BCUT2D eigenvalue weighted by Gasteiger charge is -2.29. The maximum absolute atomic E-state index is 12.6. The molecular weight excluding hydrogens is 258 g/mol. The number of carboxylic acids is 1. The van der Waals surface area contributed by atoms with Crippen LogP contribution < -0.4 is 0 Å². The van der Waals surface area contributed by atoms with Gasteiger partial charge in [-0.05, 0) is 18.8 Å². The Morgan fingerprint density at radius 2 is 1.95 bits per heavy atom. The summed E-state index contributed by atoms with van der Waals surface area (Å²) in [5, 5.41) is 9.18. The van der Waals surface area contributed by atoms with Gasteiger partial charge < -0.3 is 14.7 Å². The van der Waals surface area contributed by atoms with Gasteiger partial charge in [0.15, 0.2) is 0 Å². The molecule has 2 aliphatic heterocycles. The fourth-order valence-corrected chi connectivity index (χ4v) is 3.68. The molecule has 0 bridgehead atoms. The van der Waals surface area contributed by atoms with Crippen LogP contribution in [0.4, 0.5) is 0 Å². The highest BCUT2D eigenvalue weighted by molar-refractivity contribution is 5.80. The molecule has 1 aliphatic carbocycles. The van der Waals surface area contributed by atoms with Crippen molar-refractivity contribution >= 4 is 11.9 Å². The monoisotopic (exact) mass is 279 g/mol. The molecule has 3 rings (SSSR count). The highest BCUT2D eigenvalue weighted by atomic mass is 16.5. The van der Waals surface area contributed by atoms with Gasteiger partial charge in [0, 0.05) is 24.9 Å². The maximum atomic E-state index is 12.6. The first kappa shape index (κ1) is 13.6. The number of carbonyl (C=O) groups excluding carboxylic acids is 1. The van der Waals surface area contributed by atoms with Crippen LogP contribution in [0.5, 0.6) is 0 Å². The van der Waals surface area contributed by atoms with E-state index < -0.39 is 11.9 Å². The van der Waals surface area contributed by atoms with Crippen LogP contribution in [0.25, 0.3) is 0 Å². The van der Waals surface area contributed by atoms with Crippen LogP contribution in [0.3, 0.4) is 0 Å². The summed E-state index contributed by atoms with van der Waals surface area (Å²) in [7, 11) is 0. The molecule has 110 valence electrons. The summed E-state index contributed by atoms with van der Waals surface area (Å²) in [6.07, 6.45) is 5.88. The second-order valence-corrected chi connectivity index (χ2v) is 6.25. The van der Waals surface area contributed by atoms with E-state index in [-0.39, 0.29) is 30.5 Å². The molecule has 2 fully saturated rings. The van der Waals surface area contributed by atoms with E-state index in [1.54, 1.807) is 0 Å². The number of carbonyl (C=O) groups is 2. The number of amides is 1. The molecule has 20 heavy (non-hydrogen) atoms. The van der Waals surface area contributed by atoms with Crippen LogP contribution in [0.2, 0.25) is 0 Å². The summed E-state index contributed by atoms with van der Waals surface area (Å²) in [5.74, 6) is -0.719. The van der Waals surface area contributed by atoms with Crippen molar-refractivity contribution < 1.29 is 19.4 Å². The number of rotatable bonds is 2. The third-order valence-corrected chi connectivity index (χ3v) is 5.01. The molecule has 0 radical (unpaired) electrons. The van der Waals surface area contributed by atoms with E-state index in [1.807, 2.05) is 4.90 Å². The van der Waals surface area contributed by atoms with Gasteiger partial charge >= 0.3 is 5.97 Å². The second kappa shape index (κ2) is 5.20. The summed E-state index contributed by atoms with van der Waals surface area (Å²) in [5.41, 5.74) is 0. The van der Waals surface area contributed by atoms with E-state index in [0.717, 1.165) is 12.8 Å². The summed E-state index contributed by atoms with van der Waals surface area (Å²) < 4.78 is 5.56. The molecule has 1 N–H and O–H groups in total. The maximum Gasteiger partial charge on any atom is 0.309 e. The molecule has 0 spiro atoms. The van der Waals surface area contributed by atoms with E-state index in [4.69, 9.17) is 4.74 Å². The lowest BCUT2D eigenvalue weighted by atomic mass is 9.83. The summed E-state index contributed by atoms with van der Waals surface area (Å²) in [6.45, 7) is 3.49. The van der Waals surface area contributed by atoms with Crippen LogP contribution in [0.15, 0.2) is 12.2 Å². The van der Waals surface area contributed by atoms with E-state index >= 15 is 0 Å². The Balaban J connectivity index is 1.67. The van der Waals surface area contributed by atoms with Crippen molar-refractivity contribution in [2.24, 2.45) is 23.7 Å². The minimum atomic E-state index is -0.805. The van der Waals surface area contributed by atoms with Gasteiger partial charge in [0.25, 0.3) is 0 Å². The highest BCUT2D eigenvalue weighted by Gasteiger charge is 2.49. The Hall–Kier alpha value is -1.36. The van der Waals surface area contributed by atoms with Crippen molar-refractivity contribution in [1.29, 1.82) is 0 Å². The lowest BCUT2D eigenvalue weighted by molar-refractivity contribution is -0.144. The number of ether oxygens (including phenoxy) is 1.